The lowest BCUT2D eigenvalue weighted by Crippen LogP contribution is -2.51. The smallest absolute Gasteiger partial charge is 0.317 e. The summed E-state index contributed by atoms with van der Waals surface area (Å²) in [5, 5.41) is 8.38. The minimum atomic E-state index is -0.707. The number of piperidine rings is 1. The Kier molecular flexibility index (Phi) is 6.32. The zero-order valence-electron chi connectivity index (χ0n) is 19.6. The maximum atomic E-state index is 12.4. The number of nitrogens with zero attached hydrogens (tertiary/aromatic N) is 2. The number of nitrogens with one attached hydrogen (secondary N) is 3. The van der Waals surface area contributed by atoms with Crippen LogP contribution in [-0.4, -0.2) is 60.4 Å². The molecule has 0 bridgehead atoms. The fourth-order valence-corrected chi connectivity index (χ4v) is 4.80. The van der Waals surface area contributed by atoms with Gasteiger partial charge in [0.2, 0.25) is 5.91 Å². The van der Waals surface area contributed by atoms with Crippen molar-refractivity contribution in [3.8, 4) is 0 Å². The summed E-state index contributed by atoms with van der Waals surface area (Å²) >= 11 is 0. The Morgan fingerprint density at radius 2 is 1.73 bits per heavy atom. The van der Waals surface area contributed by atoms with Crippen LogP contribution in [0.1, 0.15) is 51.2 Å². The fraction of sp³-hybridized carbons (Fsp3) is 0.583. The van der Waals surface area contributed by atoms with Gasteiger partial charge in [0.1, 0.15) is 0 Å². The number of benzene rings is 1. The first-order valence-corrected chi connectivity index (χ1v) is 11.7. The second-order valence-corrected chi connectivity index (χ2v) is 10.2. The molecule has 33 heavy (non-hydrogen) atoms. The molecule has 178 valence electrons. The van der Waals surface area contributed by atoms with E-state index in [1.165, 1.54) is 0 Å². The van der Waals surface area contributed by atoms with E-state index in [1.807, 2.05) is 31.7 Å². The summed E-state index contributed by atoms with van der Waals surface area (Å²) < 4.78 is 0. The van der Waals surface area contributed by atoms with Crippen molar-refractivity contribution in [3.05, 3.63) is 23.3 Å². The van der Waals surface area contributed by atoms with Crippen molar-refractivity contribution in [2.75, 3.05) is 36.4 Å². The third-order valence-corrected chi connectivity index (χ3v) is 6.41. The van der Waals surface area contributed by atoms with Crippen LogP contribution in [0, 0.1) is 5.92 Å². The zero-order chi connectivity index (χ0) is 23.8. The zero-order valence-corrected chi connectivity index (χ0v) is 19.6. The molecule has 9 heteroatoms. The minimum absolute atomic E-state index is 0.0671. The first-order valence-electron chi connectivity index (χ1n) is 11.7. The average molecular weight is 456 g/mol. The Balaban J connectivity index is 1.25. The molecule has 3 N–H and O–H groups in total. The summed E-state index contributed by atoms with van der Waals surface area (Å²) in [5.74, 6) is -1.06. The van der Waals surface area contributed by atoms with Gasteiger partial charge in [0, 0.05) is 37.4 Å². The number of anilines is 2. The standard InChI is InChI=1S/C24H33N5O4/c1-24(2,3)27-23(33)28-9-6-15(7-10-28)14-25-21(31)22(32)26-18-11-16-5-4-8-29-19(30)13-17(12-18)20(16)29/h11-12,15H,4-10,13-14H2,1-3H3,(H,25,31)(H,26,32)(H,27,33). The molecule has 3 aliphatic rings. The van der Waals surface area contributed by atoms with E-state index in [0.29, 0.717) is 31.7 Å². The Morgan fingerprint density at radius 1 is 1.03 bits per heavy atom. The average Bonchev–Trinajstić information content (AvgIpc) is 3.07. The largest absolute Gasteiger partial charge is 0.348 e. The van der Waals surface area contributed by atoms with Crippen LogP contribution in [0.4, 0.5) is 16.2 Å². The molecular weight excluding hydrogens is 422 g/mol. The van der Waals surface area contributed by atoms with Gasteiger partial charge in [0.15, 0.2) is 0 Å². The lowest BCUT2D eigenvalue weighted by Gasteiger charge is -2.34. The van der Waals surface area contributed by atoms with Gasteiger partial charge in [0.05, 0.1) is 12.1 Å². The molecule has 1 aromatic rings. The molecule has 0 aliphatic carbocycles. The van der Waals surface area contributed by atoms with Gasteiger partial charge in [-0.3, -0.25) is 14.4 Å². The van der Waals surface area contributed by atoms with Crippen LogP contribution in [0.3, 0.4) is 0 Å². The number of hydrogen-bond acceptors (Lipinski definition) is 4. The Hall–Kier alpha value is -3.10. The highest BCUT2D eigenvalue weighted by Gasteiger charge is 2.33. The summed E-state index contributed by atoms with van der Waals surface area (Å²) in [6, 6.07) is 3.60. The van der Waals surface area contributed by atoms with Crippen molar-refractivity contribution < 1.29 is 19.2 Å². The number of amides is 5. The first-order chi connectivity index (χ1) is 15.6. The van der Waals surface area contributed by atoms with E-state index in [4.69, 9.17) is 0 Å². The van der Waals surface area contributed by atoms with Crippen LogP contribution in [0.5, 0.6) is 0 Å². The van der Waals surface area contributed by atoms with Crippen LogP contribution < -0.4 is 20.9 Å². The number of hydrogen-bond donors (Lipinski definition) is 3. The summed E-state index contributed by atoms with van der Waals surface area (Å²) in [5.41, 5.74) is 3.22. The van der Waals surface area contributed by atoms with Crippen LogP contribution in [0.2, 0.25) is 0 Å². The van der Waals surface area contributed by atoms with E-state index < -0.39 is 11.8 Å². The fourth-order valence-electron chi connectivity index (χ4n) is 4.80. The SMILES string of the molecule is CC(C)(C)NC(=O)N1CCC(CNC(=O)C(=O)Nc2cc3c4c(c2)CC(=O)N4CCC3)CC1. The molecular formula is C24H33N5O4. The maximum absolute atomic E-state index is 12.4. The molecule has 5 amide bonds. The van der Waals surface area contributed by atoms with Gasteiger partial charge in [-0.25, -0.2) is 4.79 Å². The highest BCUT2D eigenvalue weighted by atomic mass is 16.2. The van der Waals surface area contributed by atoms with E-state index in [2.05, 4.69) is 16.0 Å². The van der Waals surface area contributed by atoms with Crippen molar-refractivity contribution in [3.63, 3.8) is 0 Å². The van der Waals surface area contributed by atoms with Crippen LogP contribution in [0.15, 0.2) is 12.1 Å². The van der Waals surface area contributed by atoms with Crippen LogP contribution in [0.25, 0.3) is 0 Å². The molecule has 1 saturated heterocycles. The third-order valence-electron chi connectivity index (χ3n) is 6.41. The summed E-state index contributed by atoms with van der Waals surface area (Å²) in [4.78, 5) is 52.9. The lowest BCUT2D eigenvalue weighted by atomic mass is 9.97. The first kappa shape index (κ1) is 23.1. The third kappa shape index (κ3) is 5.29. The maximum Gasteiger partial charge on any atom is 0.317 e. The summed E-state index contributed by atoms with van der Waals surface area (Å²) in [6.45, 7) is 8.25. The number of likely N-dealkylation sites (tertiary alicyclic amines) is 1. The molecule has 0 unspecified atom stereocenters. The molecule has 1 aromatic carbocycles. The second-order valence-electron chi connectivity index (χ2n) is 10.2. The van der Waals surface area contributed by atoms with E-state index in [1.54, 1.807) is 11.0 Å². The highest BCUT2D eigenvalue weighted by molar-refractivity contribution is 6.39. The van der Waals surface area contributed by atoms with Crippen molar-refractivity contribution in [1.82, 2.24) is 15.5 Å². The number of aryl methyl sites for hydroxylation is 1. The molecule has 9 nitrogen and oxygen atoms in total. The van der Waals surface area contributed by atoms with E-state index >= 15 is 0 Å². The molecule has 3 heterocycles. The monoisotopic (exact) mass is 455 g/mol. The van der Waals surface area contributed by atoms with Gasteiger partial charge < -0.3 is 25.8 Å². The van der Waals surface area contributed by atoms with Gasteiger partial charge >= 0.3 is 17.8 Å². The lowest BCUT2D eigenvalue weighted by molar-refractivity contribution is -0.136. The molecule has 3 aliphatic heterocycles. The molecule has 0 radical (unpaired) electrons. The predicted molar refractivity (Wildman–Crippen MR) is 125 cm³/mol. The quantitative estimate of drug-likeness (QED) is 0.604. The highest BCUT2D eigenvalue weighted by Crippen LogP contribution is 2.38. The van der Waals surface area contributed by atoms with Gasteiger partial charge in [-0.1, -0.05) is 0 Å². The van der Waals surface area contributed by atoms with Crippen molar-refractivity contribution in [2.45, 2.75) is 58.4 Å². The second kappa shape index (κ2) is 9.03. The van der Waals surface area contributed by atoms with Gasteiger partial charge in [-0.05, 0) is 75.6 Å². The Morgan fingerprint density at radius 3 is 2.42 bits per heavy atom. The molecule has 0 aromatic heterocycles. The molecule has 0 spiro atoms. The van der Waals surface area contributed by atoms with Gasteiger partial charge in [-0.2, -0.15) is 0 Å². The van der Waals surface area contributed by atoms with Crippen molar-refractivity contribution in [1.29, 1.82) is 0 Å². The van der Waals surface area contributed by atoms with Crippen LogP contribution >= 0.6 is 0 Å². The molecule has 0 saturated carbocycles. The normalized spacial score (nSPS) is 18.1. The van der Waals surface area contributed by atoms with E-state index in [9.17, 15) is 19.2 Å². The predicted octanol–water partition coefficient (Wildman–Crippen LogP) is 1.80. The number of carbonyl (C=O) groups is 4. The molecule has 4 rings (SSSR count). The minimum Gasteiger partial charge on any atom is -0.348 e. The molecule has 0 atom stereocenters. The van der Waals surface area contributed by atoms with E-state index in [0.717, 1.165) is 49.0 Å². The number of carbonyl (C=O) groups excluding carboxylic acids is 4. The Bertz CT molecular complexity index is 976. The van der Waals surface area contributed by atoms with Crippen molar-refractivity contribution in [2.24, 2.45) is 5.92 Å². The van der Waals surface area contributed by atoms with Gasteiger partial charge in [0.25, 0.3) is 0 Å². The van der Waals surface area contributed by atoms with Crippen LogP contribution in [-0.2, 0) is 27.2 Å². The topological polar surface area (TPSA) is 111 Å². The summed E-state index contributed by atoms with van der Waals surface area (Å²) in [7, 11) is 0. The summed E-state index contributed by atoms with van der Waals surface area (Å²) in [6.07, 6.45) is 3.64. The molecule has 1 fully saturated rings. The van der Waals surface area contributed by atoms with Crippen molar-refractivity contribution >= 4 is 35.1 Å². The number of urea groups is 1. The van der Waals surface area contributed by atoms with Gasteiger partial charge in [-0.15, -0.1) is 0 Å². The van der Waals surface area contributed by atoms with E-state index in [-0.39, 0.29) is 23.4 Å². The number of rotatable bonds is 3. The Labute approximate surface area is 194 Å².